The van der Waals surface area contributed by atoms with Crippen LogP contribution in [0.1, 0.15) is 5.56 Å². The van der Waals surface area contributed by atoms with Crippen molar-refractivity contribution in [1.82, 2.24) is 5.32 Å². The fourth-order valence-corrected chi connectivity index (χ4v) is 2.04. The molecule has 0 radical (unpaired) electrons. The maximum absolute atomic E-state index is 13.9. The summed E-state index contributed by atoms with van der Waals surface area (Å²) < 4.78 is 27.2. The second kappa shape index (κ2) is 5.46. The molecule has 0 unspecified atom stereocenters. The lowest BCUT2D eigenvalue weighted by Gasteiger charge is -2.07. The quantitative estimate of drug-likeness (QED) is 0.886. The van der Waals surface area contributed by atoms with E-state index in [2.05, 4.69) is 5.32 Å². The van der Waals surface area contributed by atoms with Crippen LogP contribution in [-0.4, -0.2) is 7.05 Å². The van der Waals surface area contributed by atoms with Crippen LogP contribution in [0.15, 0.2) is 36.4 Å². The van der Waals surface area contributed by atoms with E-state index in [1.807, 2.05) is 0 Å². The molecular weight excluding hydrogens is 256 g/mol. The third kappa shape index (κ3) is 2.86. The molecule has 2 rings (SSSR count). The van der Waals surface area contributed by atoms with Gasteiger partial charge in [-0.2, -0.15) is 0 Å². The van der Waals surface area contributed by atoms with Gasteiger partial charge in [-0.15, -0.1) is 0 Å². The number of benzene rings is 2. The van der Waals surface area contributed by atoms with Gasteiger partial charge < -0.3 is 5.32 Å². The number of rotatable bonds is 3. The molecule has 0 spiro atoms. The first kappa shape index (κ1) is 13.0. The van der Waals surface area contributed by atoms with E-state index in [0.717, 1.165) is 5.56 Å². The van der Waals surface area contributed by atoms with Crippen molar-refractivity contribution >= 4 is 11.6 Å². The molecule has 0 fully saturated rings. The van der Waals surface area contributed by atoms with E-state index in [0.29, 0.717) is 17.7 Å². The molecule has 0 bridgehead atoms. The van der Waals surface area contributed by atoms with Crippen LogP contribution in [0.5, 0.6) is 0 Å². The third-order valence-corrected chi connectivity index (χ3v) is 2.81. The fraction of sp³-hybridized carbons (Fsp3) is 0.143. The predicted molar refractivity (Wildman–Crippen MR) is 69.6 cm³/mol. The smallest absolute Gasteiger partial charge is 0.131 e. The zero-order valence-corrected chi connectivity index (χ0v) is 10.6. The van der Waals surface area contributed by atoms with Gasteiger partial charge in [0.15, 0.2) is 0 Å². The van der Waals surface area contributed by atoms with Gasteiger partial charge in [0.05, 0.1) is 0 Å². The van der Waals surface area contributed by atoms with Gasteiger partial charge in [0, 0.05) is 17.1 Å². The standard InChI is InChI=1S/C14H12ClF2N/c1-18-8-9-2-3-13(14(17)4-9)10-5-11(15)7-12(16)6-10/h2-7,18H,8H2,1H3. The van der Waals surface area contributed by atoms with Crippen molar-refractivity contribution in [1.29, 1.82) is 0 Å². The van der Waals surface area contributed by atoms with Gasteiger partial charge in [-0.3, -0.25) is 0 Å². The maximum atomic E-state index is 13.9. The SMILES string of the molecule is CNCc1ccc(-c2cc(F)cc(Cl)c2)c(F)c1. The van der Waals surface area contributed by atoms with Gasteiger partial charge in [-0.05, 0) is 42.4 Å². The Bertz CT molecular complexity index is 549. The molecule has 1 N–H and O–H groups in total. The molecule has 2 aromatic rings. The molecule has 1 nitrogen and oxygen atoms in total. The van der Waals surface area contributed by atoms with Crippen molar-refractivity contribution in [3.8, 4) is 11.1 Å². The number of hydrogen-bond donors (Lipinski definition) is 1. The van der Waals surface area contributed by atoms with Gasteiger partial charge in [0.25, 0.3) is 0 Å². The molecule has 0 saturated heterocycles. The minimum absolute atomic E-state index is 0.253. The average Bonchev–Trinajstić information content (AvgIpc) is 2.28. The highest BCUT2D eigenvalue weighted by atomic mass is 35.5. The predicted octanol–water partition coefficient (Wildman–Crippen LogP) is 4.00. The van der Waals surface area contributed by atoms with Crippen molar-refractivity contribution < 1.29 is 8.78 Å². The average molecular weight is 268 g/mol. The highest BCUT2D eigenvalue weighted by molar-refractivity contribution is 6.30. The van der Waals surface area contributed by atoms with E-state index in [1.54, 1.807) is 25.2 Å². The first-order valence-electron chi connectivity index (χ1n) is 5.49. The third-order valence-electron chi connectivity index (χ3n) is 2.59. The second-order valence-corrected chi connectivity index (χ2v) is 4.44. The number of nitrogens with one attached hydrogen (secondary N) is 1. The van der Waals surface area contributed by atoms with Crippen molar-refractivity contribution in [2.75, 3.05) is 7.05 Å². The summed E-state index contributed by atoms with van der Waals surface area (Å²) in [6.07, 6.45) is 0. The van der Waals surface area contributed by atoms with Crippen LogP contribution in [0.3, 0.4) is 0 Å². The Labute approximate surface area is 109 Å². The Hall–Kier alpha value is -1.45. The van der Waals surface area contributed by atoms with E-state index >= 15 is 0 Å². The van der Waals surface area contributed by atoms with E-state index in [9.17, 15) is 8.78 Å². The van der Waals surface area contributed by atoms with Crippen LogP contribution in [0.2, 0.25) is 5.02 Å². The van der Waals surface area contributed by atoms with Crippen molar-refractivity contribution in [2.45, 2.75) is 6.54 Å². The van der Waals surface area contributed by atoms with Gasteiger partial charge in [-0.25, -0.2) is 8.78 Å². The van der Waals surface area contributed by atoms with Gasteiger partial charge in [0.2, 0.25) is 0 Å². The normalized spacial score (nSPS) is 10.7. The lowest BCUT2D eigenvalue weighted by Crippen LogP contribution is -2.05. The van der Waals surface area contributed by atoms with Crippen molar-refractivity contribution in [3.63, 3.8) is 0 Å². The molecule has 4 heteroatoms. The molecule has 0 aliphatic heterocycles. The zero-order valence-electron chi connectivity index (χ0n) is 9.81. The largest absolute Gasteiger partial charge is 0.316 e. The summed E-state index contributed by atoms with van der Waals surface area (Å²) in [4.78, 5) is 0. The first-order valence-corrected chi connectivity index (χ1v) is 5.87. The lowest BCUT2D eigenvalue weighted by molar-refractivity contribution is 0.623. The van der Waals surface area contributed by atoms with Crippen LogP contribution in [0, 0.1) is 11.6 Å². The van der Waals surface area contributed by atoms with E-state index in [1.165, 1.54) is 18.2 Å². The lowest BCUT2D eigenvalue weighted by atomic mass is 10.0. The minimum atomic E-state index is -0.476. The van der Waals surface area contributed by atoms with Gasteiger partial charge >= 0.3 is 0 Å². The second-order valence-electron chi connectivity index (χ2n) is 4.00. The maximum Gasteiger partial charge on any atom is 0.131 e. The summed E-state index contributed by atoms with van der Waals surface area (Å²) in [5.41, 5.74) is 1.62. The zero-order chi connectivity index (χ0) is 13.1. The molecule has 0 atom stereocenters. The number of halogens is 3. The molecule has 0 aromatic heterocycles. The summed E-state index contributed by atoms with van der Waals surface area (Å²) in [6, 6.07) is 8.87. The highest BCUT2D eigenvalue weighted by Crippen LogP contribution is 2.27. The molecule has 18 heavy (non-hydrogen) atoms. The van der Waals surface area contributed by atoms with Crippen molar-refractivity contribution in [2.24, 2.45) is 0 Å². The van der Waals surface area contributed by atoms with Crippen LogP contribution in [-0.2, 0) is 6.54 Å². The van der Waals surface area contributed by atoms with Crippen LogP contribution in [0.25, 0.3) is 11.1 Å². The summed E-state index contributed by atoms with van der Waals surface area (Å²) in [5, 5.41) is 3.19. The highest BCUT2D eigenvalue weighted by Gasteiger charge is 2.08. The first-order chi connectivity index (χ1) is 8.60. The Morgan fingerprint density at radius 3 is 2.50 bits per heavy atom. The number of hydrogen-bond acceptors (Lipinski definition) is 1. The summed E-state index contributed by atoms with van der Waals surface area (Å²) >= 11 is 5.76. The Balaban J connectivity index is 2.44. The van der Waals surface area contributed by atoms with Crippen LogP contribution >= 0.6 is 11.6 Å². The van der Waals surface area contributed by atoms with Crippen LogP contribution in [0.4, 0.5) is 8.78 Å². The molecule has 0 aliphatic rings. The topological polar surface area (TPSA) is 12.0 Å². The molecule has 94 valence electrons. The summed E-state index contributed by atoms with van der Waals surface area (Å²) in [6.45, 7) is 0.584. The summed E-state index contributed by atoms with van der Waals surface area (Å²) in [7, 11) is 1.79. The fourth-order valence-electron chi connectivity index (χ4n) is 1.82. The van der Waals surface area contributed by atoms with Gasteiger partial charge in [-0.1, -0.05) is 23.7 Å². The molecule has 0 amide bonds. The Morgan fingerprint density at radius 1 is 1.11 bits per heavy atom. The Kier molecular flexibility index (Phi) is 3.94. The Morgan fingerprint density at radius 2 is 1.89 bits per heavy atom. The van der Waals surface area contributed by atoms with Crippen molar-refractivity contribution in [3.05, 3.63) is 58.6 Å². The van der Waals surface area contributed by atoms with E-state index < -0.39 is 5.82 Å². The summed E-state index contributed by atoms with van der Waals surface area (Å²) in [5.74, 6) is -0.861. The molecule has 0 saturated carbocycles. The molecule has 0 heterocycles. The monoisotopic (exact) mass is 267 g/mol. The minimum Gasteiger partial charge on any atom is -0.316 e. The molecular formula is C14H12ClF2N. The van der Waals surface area contributed by atoms with E-state index in [4.69, 9.17) is 11.6 Å². The molecule has 0 aliphatic carbocycles. The van der Waals surface area contributed by atoms with Crippen LogP contribution < -0.4 is 5.32 Å². The molecule has 2 aromatic carbocycles. The van der Waals surface area contributed by atoms with E-state index in [-0.39, 0.29) is 10.8 Å². The van der Waals surface area contributed by atoms with Gasteiger partial charge in [0.1, 0.15) is 11.6 Å².